The fraction of sp³-hybridized carbons (Fsp3) is 0.759. The number of unbranched alkanes of at least 4 members (excludes halogenated alkanes) is 29. The van der Waals surface area contributed by atoms with E-state index >= 15 is 0 Å². The quantitative estimate of drug-likeness (QED) is 0.0321. The summed E-state index contributed by atoms with van der Waals surface area (Å²) >= 11 is 0. The minimum absolute atomic E-state index is 0.0265. The van der Waals surface area contributed by atoms with Crippen LogP contribution in [-0.2, 0) is 14.3 Å². The maximum absolute atomic E-state index is 13.2. The number of ether oxygens (including phenoxy) is 1. The van der Waals surface area contributed by atoms with Crippen LogP contribution >= 0.6 is 0 Å². The summed E-state index contributed by atoms with van der Waals surface area (Å²) in [6.45, 7) is 6.33. The van der Waals surface area contributed by atoms with Crippen molar-refractivity contribution >= 4 is 11.9 Å². The van der Waals surface area contributed by atoms with Crippen molar-refractivity contribution in [3.05, 3.63) is 72.9 Å². The van der Waals surface area contributed by atoms with Crippen molar-refractivity contribution in [2.45, 2.75) is 277 Å². The molecule has 0 bridgehead atoms. The molecule has 64 heavy (non-hydrogen) atoms. The molecule has 0 heterocycles. The van der Waals surface area contributed by atoms with Crippen LogP contribution < -0.4 is 5.32 Å². The molecule has 370 valence electrons. The van der Waals surface area contributed by atoms with Crippen LogP contribution in [0.25, 0.3) is 0 Å². The first-order valence-electron chi connectivity index (χ1n) is 27.2. The molecule has 0 aliphatic rings. The monoisotopic (exact) mass is 894 g/mol. The van der Waals surface area contributed by atoms with E-state index in [0.717, 1.165) is 57.8 Å². The van der Waals surface area contributed by atoms with Gasteiger partial charge in [-0.05, 0) is 38.5 Å². The molecule has 0 fully saturated rings. The average molecular weight is 894 g/mol. The van der Waals surface area contributed by atoms with E-state index in [1.165, 1.54) is 154 Å². The first-order chi connectivity index (χ1) is 31.5. The van der Waals surface area contributed by atoms with E-state index in [4.69, 9.17) is 4.74 Å². The molecule has 0 aromatic rings. The lowest BCUT2D eigenvalue weighted by atomic mass is 10.0. The van der Waals surface area contributed by atoms with Crippen LogP contribution in [0.4, 0.5) is 0 Å². The fourth-order valence-corrected chi connectivity index (χ4v) is 8.12. The lowest BCUT2D eigenvalue weighted by molar-refractivity contribution is -0.151. The largest absolute Gasteiger partial charge is 0.462 e. The minimum atomic E-state index is -0.809. The number of rotatable bonds is 48. The van der Waals surface area contributed by atoms with Crippen molar-refractivity contribution in [2.24, 2.45) is 0 Å². The van der Waals surface area contributed by atoms with Crippen LogP contribution in [0.1, 0.15) is 258 Å². The number of hydrogen-bond donors (Lipinski definition) is 3. The van der Waals surface area contributed by atoms with Gasteiger partial charge in [0.2, 0.25) is 5.91 Å². The Labute approximate surface area is 396 Å². The van der Waals surface area contributed by atoms with Crippen LogP contribution in [0, 0.1) is 0 Å². The van der Waals surface area contributed by atoms with Crippen molar-refractivity contribution in [1.29, 1.82) is 0 Å². The Bertz CT molecular complexity index is 1190. The van der Waals surface area contributed by atoms with Crippen LogP contribution in [0.3, 0.4) is 0 Å². The highest BCUT2D eigenvalue weighted by Crippen LogP contribution is 2.18. The molecule has 3 atom stereocenters. The van der Waals surface area contributed by atoms with E-state index in [1.807, 2.05) is 60.8 Å². The maximum Gasteiger partial charge on any atom is 0.306 e. The molecule has 0 aliphatic heterocycles. The van der Waals surface area contributed by atoms with E-state index in [2.05, 4.69) is 38.2 Å². The summed E-state index contributed by atoms with van der Waals surface area (Å²) < 4.78 is 5.91. The van der Waals surface area contributed by atoms with Crippen molar-refractivity contribution < 1.29 is 24.5 Å². The standard InChI is InChI=1S/C58H103NO5/c1-4-7-10-13-16-19-22-25-28-30-32-35-38-41-44-47-50-56(61)55(53-60)59-57(62)52-54(49-46-43-40-37-34-31-29-26-23-20-17-14-11-8-5-2)64-58(63)51-48-45-42-39-36-33-27-24-21-18-15-12-9-6-3/h8,11,14,17,20,23,26,29,31,34,37,40,54-56,60-61H,4-7,9-10,12-13,15-16,18-19,21-22,24-25,27-28,30,32-33,35-36,38-39,41-53H2,1-3H3,(H,59,62)/b11-8-,17-14+,23-20+,29-26-,34-31+,40-37+. The Morgan fingerprint density at radius 1 is 0.469 bits per heavy atom. The third-order valence-electron chi connectivity index (χ3n) is 12.2. The molecule has 6 nitrogen and oxygen atoms in total. The fourth-order valence-electron chi connectivity index (χ4n) is 8.12. The molecule has 3 N–H and O–H groups in total. The Morgan fingerprint density at radius 2 is 0.844 bits per heavy atom. The molecule has 0 rings (SSSR count). The molecule has 3 unspecified atom stereocenters. The van der Waals surface area contributed by atoms with Gasteiger partial charge in [-0.1, -0.05) is 280 Å². The lowest BCUT2D eigenvalue weighted by Crippen LogP contribution is -2.46. The summed E-state index contributed by atoms with van der Waals surface area (Å²) in [6.07, 6.45) is 65.4. The third kappa shape index (κ3) is 45.9. The topological polar surface area (TPSA) is 95.9 Å². The number of aliphatic hydroxyl groups is 2. The Morgan fingerprint density at radius 3 is 1.25 bits per heavy atom. The van der Waals surface area contributed by atoms with Gasteiger partial charge in [-0.3, -0.25) is 9.59 Å². The second-order valence-corrected chi connectivity index (χ2v) is 18.4. The van der Waals surface area contributed by atoms with Crippen molar-refractivity contribution in [3.8, 4) is 0 Å². The highest BCUT2D eigenvalue weighted by Gasteiger charge is 2.24. The number of hydrogen-bond acceptors (Lipinski definition) is 5. The lowest BCUT2D eigenvalue weighted by Gasteiger charge is -2.24. The highest BCUT2D eigenvalue weighted by atomic mass is 16.5. The zero-order valence-corrected chi connectivity index (χ0v) is 42.1. The molecule has 0 spiro atoms. The Kier molecular flexibility index (Phi) is 49.1. The number of amides is 1. The van der Waals surface area contributed by atoms with E-state index in [9.17, 15) is 19.8 Å². The minimum Gasteiger partial charge on any atom is -0.462 e. The van der Waals surface area contributed by atoms with E-state index < -0.39 is 18.2 Å². The van der Waals surface area contributed by atoms with E-state index in [-0.39, 0.29) is 24.9 Å². The zero-order valence-electron chi connectivity index (χ0n) is 42.1. The van der Waals surface area contributed by atoms with Gasteiger partial charge in [0, 0.05) is 6.42 Å². The van der Waals surface area contributed by atoms with Gasteiger partial charge in [-0.15, -0.1) is 0 Å². The number of esters is 1. The molecule has 0 saturated heterocycles. The van der Waals surface area contributed by atoms with Crippen LogP contribution in [0.5, 0.6) is 0 Å². The Hall–Kier alpha value is -2.70. The van der Waals surface area contributed by atoms with E-state index in [0.29, 0.717) is 19.3 Å². The molecule has 0 aromatic carbocycles. The second-order valence-electron chi connectivity index (χ2n) is 18.4. The zero-order chi connectivity index (χ0) is 46.7. The molecule has 6 heteroatoms. The number of carbonyl (C=O) groups is 2. The van der Waals surface area contributed by atoms with Gasteiger partial charge in [-0.25, -0.2) is 0 Å². The summed E-state index contributed by atoms with van der Waals surface area (Å²) in [5.74, 6) is -0.544. The molecule has 0 radical (unpaired) electrons. The van der Waals surface area contributed by atoms with Crippen LogP contribution in [0.15, 0.2) is 72.9 Å². The van der Waals surface area contributed by atoms with Gasteiger partial charge in [0.25, 0.3) is 0 Å². The summed E-state index contributed by atoms with van der Waals surface area (Å²) in [5.41, 5.74) is 0. The first-order valence-corrected chi connectivity index (χ1v) is 27.2. The molecule has 0 aliphatic carbocycles. The average Bonchev–Trinajstić information content (AvgIpc) is 3.29. The summed E-state index contributed by atoms with van der Waals surface area (Å²) in [6, 6.07) is -0.727. The predicted octanol–water partition coefficient (Wildman–Crippen LogP) is 16.6. The van der Waals surface area contributed by atoms with Crippen molar-refractivity contribution in [1.82, 2.24) is 5.32 Å². The van der Waals surface area contributed by atoms with Crippen molar-refractivity contribution in [3.63, 3.8) is 0 Å². The number of nitrogens with one attached hydrogen (secondary N) is 1. The summed E-state index contributed by atoms with van der Waals surface area (Å²) in [4.78, 5) is 26.2. The summed E-state index contributed by atoms with van der Waals surface area (Å²) in [7, 11) is 0. The van der Waals surface area contributed by atoms with Crippen LogP contribution in [0.2, 0.25) is 0 Å². The van der Waals surface area contributed by atoms with Gasteiger partial charge < -0.3 is 20.3 Å². The second kappa shape index (κ2) is 51.3. The first kappa shape index (κ1) is 61.3. The van der Waals surface area contributed by atoms with Gasteiger partial charge in [0.1, 0.15) is 6.10 Å². The number of allylic oxidation sites excluding steroid dienone is 12. The third-order valence-corrected chi connectivity index (χ3v) is 12.2. The van der Waals surface area contributed by atoms with Crippen molar-refractivity contribution in [2.75, 3.05) is 6.61 Å². The molecular formula is C58H103NO5. The van der Waals surface area contributed by atoms with Gasteiger partial charge in [0.15, 0.2) is 0 Å². The van der Waals surface area contributed by atoms with E-state index in [1.54, 1.807) is 0 Å². The maximum atomic E-state index is 13.2. The number of carbonyl (C=O) groups excluding carboxylic acids is 2. The van der Waals surface area contributed by atoms with Gasteiger partial charge >= 0.3 is 5.97 Å². The number of aliphatic hydroxyl groups excluding tert-OH is 2. The molecule has 0 saturated carbocycles. The summed E-state index contributed by atoms with van der Waals surface area (Å²) in [5, 5.41) is 23.8. The van der Waals surface area contributed by atoms with Gasteiger partial charge in [0.05, 0.1) is 25.2 Å². The highest BCUT2D eigenvalue weighted by molar-refractivity contribution is 5.77. The molecule has 0 aromatic heterocycles. The van der Waals surface area contributed by atoms with Crippen LogP contribution in [-0.4, -0.2) is 46.9 Å². The molecular weight excluding hydrogens is 791 g/mol. The van der Waals surface area contributed by atoms with Gasteiger partial charge in [-0.2, -0.15) is 0 Å². The molecule has 1 amide bonds. The smallest absolute Gasteiger partial charge is 0.306 e. The predicted molar refractivity (Wildman–Crippen MR) is 278 cm³/mol. The normalized spacial score (nSPS) is 13.8. The SMILES string of the molecule is CC\C=C/C=C/C=C/C=C\C=C\C=C\CCCC(CC(=O)NC(CO)C(O)CCCCCCCCCCCCCCCCCC)OC(=O)CCCCCCCCCCCCCCCC. The Balaban J connectivity index is 4.66.